The molecule has 1 saturated heterocycles. The van der Waals surface area contributed by atoms with Crippen LogP contribution >= 0.6 is 11.3 Å². The van der Waals surface area contributed by atoms with E-state index in [4.69, 9.17) is 9.26 Å². The average molecular weight is 321 g/mol. The van der Waals surface area contributed by atoms with E-state index in [2.05, 4.69) is 15.5 Å². The van der Waals surface area contributed by atoms with Crippen molar-refractivity contribution in [3.63, 3.8) is 0 Å². The van der Waals surface area contributed by atoms with Gasteiger partial charge >= 0.3 is 0 Å². The van der Waals surface area contributed by atoms with Gasteiger partial charge in [-0.3, -0.25) is 4.79 Å². The minimum Gasteiger partial charge on any atom is -0.376 e. The molecule has 22 heavy (non-hydrogen) atoms. The monoisotopic (exact) mass is 321 g/mol. The molecule has 1 atom stereocenters. The van der Waals surface area contributed by atoms with Crippen LogP contribution in [-0.4, -0.2) is 35.3 Å². The Labute approximate surface area is 132 Å². The van der Waals surface area contributed by atoms with E-state index in [1.807, 2.05) is 17.5 Å². The Hall–Kier alpha value is -1.73. The first-order valence-electron chi connectivity index (χ1n) is 7.56. The smallest absolute Gasteiger partial charge is 0.226 e. The standard InChI is InChI=1S/C15H19N3O3S/c19-13(16-10-11-4-2-8-20-11)6-1-7-14-17-15(18-21-14)12-5-3-9-22-12/h3,5,9,11H,1-2,4,6-8,10H2,(H,16,19). The number of rotatable bonds is 7. The first-order valence-corrected chi connectivity index (χ1v) is 8.44. The molecule has 0 bridgehead atoms. The maximum Gasteiger partial charge on any atom is 0.226 e. The maximum absolute atomic E-state index is 11.8. The molecule has 6 nitrogen and oxygen atoms in total. The van der Waals surface area contributed by atoms with Crippen molar-refractivity contribution in [1.82, 2.24) is 15.5 Å². The third-order valence-electron chi connectivity index (χ3n) is 3.56. The Morgan fingerprint density at radius 3 is 3.23 bits per heavy atom. The second-order valence-corrected chi connectivity index (χ2v) is 6.23. The summed E-state index contributed by atoms with van der Waals surface area (Å²) in [6, 6.07) is 3.91. The molecule has 1 aliphatic heterocycles. The predicted molar refractivity (Wildman–Crippen MR) is 82.5 cm³/mol. The molecule has 7 heteroatoms. The van der Waals surface area contributed by atoms with E-state index in [1.54, 1.807) is 11.3 Å². The van der Waals surface area contributed by atoms with Gasteiger partial charge in [0.25, 0.3) is 0 Å². The molecular weight excluding hydrogens is 302 g/mol. The fourth-order valence-corrected chi connectivity index (χ4v) is 3.03. The van der Waals surface area contributed by atoms with Crippen LogP contribution in [0.5, 0.6) is 0 Å². The van der Waals surface area contributed by atoms with E-state index < -0.39 is 0 Å². The van der Waals surface area contributed by atoms with E-state index >= 15 is 0 Å². The van der Waals surface area contributed by atoms with Crippen LogP contribution in [0, 0.1) is 0 Å². The van der Waals surface area contributed by atoms with Crippen LogP contribution < -0.4 is 5.32 Å². The largest absolute Gasteiger partial charge is 0.376 e. The lowest BCUT2D eigenvalue weighted by Crippen LogP contribution is -2.31. The summed E-state index contributed by atoms with van der Waals surface area (Å²) in [7, 11) is 0. The van der Waals surface area contributed by atoms with Crippen LogP contribution in [0.25, 0.3) is 10.7 Å². The molecule has 1 unspecified atom stereocenters. The molecule has 1 fully saturated rings. The Kier molecular flexibility index (Phi) is 5.18. The van der Waals surface area contributed by atoms with Crippen molar-refractivity contribution in [2.24, 2.45) is 0 Å². The summed E-state index contributed by atoms with van der Waals surface area (Å²) >= 11 is 1.58. The van der Waals surface area contributed by atoms with Crippen molar-refractivity contribution in [2.75, 3.05) is 13.2 Å². The number of amides is 1. The molecular formula is C15H19N3O3S. The van der Waals surface area contributed by atoms with Gasteiger partial charge in [0.1, 0.15) is 0 Å². The highest BCUT2D eigenvalue weighted by Gasteiger charge is 2.16. The highest BCUT2D eigenvalue weighted by molar-refractivity contribution is 7.13. The molecule has 118 valence electrons. The first-order chi connectivity index (χ1) is 10.8. The van der Waals surface area contributed by atoms with Crippen molar-refractivity contribution >= 4 is 17.2 Å². The normalized spacial score (nSPS) is 17.7. The number of nitrogens with one attached hydrogen (secondary N) is 1. The molecule has 2 aromatic rings. The third kappa shape index (κ3) is 4.14. The number of hydrogen-bond donors (Lipinski definition) is 1. The second-order valence-electron chi connectivity index (χ2n) is 5.28. The van der Waals surface area contributed by atoms with Gasteiger partial charge in [0.2, 0.25) is 17.6 Å². The fraction of sp³-hybridized carbons (Fsp3) is 0.533. The van der Waals surface area contributed by atoms with Gasteiger partial charge in [0, 0.05) is 26.0 Å². The second kappa shape index (κ2) is 7.51. The fourth-order valence-electron chi connectivity index (χ4n) is 2.38. The highest BCUT2D eigenvalue weighted by atomic mass is 32.1. The maximum atomic E-state index is 11.8. The number of hydrogen-bond acceptors (Lipinski definition) is 6. The third-order valence-corrected chi connectivity index (χ3v) is 4.42. The molecule has 0 saturated carbocycles. The number of ether oxygens (including phenoxy) is 1. The van der Waals surface area contributed by atoms with Gasteiger partial charge in [0.05, 0.1) is 11.0 Å². The van der Waals surface area contributed by atoms with Crippen LogP contribution in [0.1, 0.15) is 31.6 Å². The lowest BCUT2D eigenvalue weighted by molar-refractivity contribution is -0.121. The number of carbonyl (C=O) groups excluding carboxylic acids is 1. The summed E-state index contributed by atoms with van der Waals surface area (Å²) in [5.74, 6) is 1.25. The van der Waals surface area contributed by atoms with Crippen LogP contribution in [0.3, 0.4) is 0 Å². The molecule has 3 heterocycles. The van der Waals surface area contributed by atoms with E-state index in [0.29, 0.717) is 37.5 Å². The molecule has 1 N–H and O–H groups in total. The Morgan fingerprint density at radius 2 is 2.45 bits per heavy atom. The van der Waals surface area contributed by atoms with Crippen molar-refractivity contribution < 1.29 is 14.1 Å². The lowest BCUT2D eigenvalue weighted by Gasteiger charge is -2.10. The van der Waals surface area contributed by atoms with Gasteiger partial charge in [-0.25, -0.2) is 0 Å². The summed E-state index contributed by atoms with van der Waals surface area (Å²) in [6.45, 7) is 1.42. The van der Waals surface area contributed by atoms with Crippen molar-refractivity contribution in [2.45, 2.75) is 38.2 Å². The topological polar surface area (TPSA) is 77.2 Å². The number of aryl methyl sites for hydroxylation is 1. The van der Waals surface area contributed by atoms with E-state index in [0.717, 1.165) is 24.3 Å². The van der Waals surface area contributed by atoms with Crippen molar-refractivity contribution in [3.05, 3.63) is 23.4 Å². The average Bonchev–Trinajstić information content (AvgIpc) is 3.26. The van der Waals surface area contributed by atoms with Gasteiger partial charge in [-0.05, 0) is 30.7 Å². The molecule has 1 amide bonds. The Balaban J connectivity index is 1.36. The number of thiophene rings is 1. The van der Waals surface area contributed by atoms with E-state index in [1.165, 1.54) is 0 Å². The summed E-state index contributed by atoms with van der Waals surface area (Å²) in [4.78, 5) is 17.1. The van der Waals surface area contributed by atoms with Crippen molar-refractivity contribution in [3.8, 4) is 10.7 Å². The quantitative estimate of drug-likeness (QED) is 0.847. The van der Waals surface area contributed by atoms with Gasteiger partial charge in [-0.1, -0.05) is 11.2 Å². The Morgan fingerprint density at radius 1 is 1.50 bits per heavy atom. The van der Waals surface area contributed by atoms with Crippen LogP contribution in [-0.2, 0) is 16.0 Å². The zero-order valence-electron chi connectivity index (χ0n) is 12.3. The summed E-state index contributed by atoms with van der Waals surface area (Å²) in [6.07, 6.45) is 4.09. The summed E-state index contributed by atoms with van der Waals surface area (Å²) < 4.78 is 10.7. The van der Waals surface area contributed by atoms with Crippen LogP contribution in [0.4, 0.5) is 0 Å². The number of nitrogens with zero attached hydrogens (tertiary/aromatic N) is 2. The van der Waals surface area contributed by atoms with Crippen molar-refractivity contribution in [1.29, 1.82) is 0 Å². The summed E-state index contributed by atoms with van der Waals surface area (Å²) in [5.41, 5.74) is 0. The minimum absolute atomic E-state index is 0.0495. The van der Waals surface area contributed by atoms with E-state index in [9.17, 15) is 4.79 Å². The molecule has 0 spiro atoms. The molecule has 1 aliphatic rings. The van der Waals surface area contributed by atoms with Gasteiger partial charge in [-0.15, -0.1) is 11.3 Å². The molecule has 3 rings (SSSR count). The molecule has 0 aliphatic carbocycles. The molecule has 2 aromatic heterocycles. The molecule has 0 aromatic carbocycles. The van der Waals surface area contributed by atoms with E-state index in [-0.39, 0.29) is 12.0 Å². The number of carbonyl (C=O) groups is 1. The summed E-state index contributed by atoms with van der Waals surface area (Å²) in [5, 5.41) is 8.84. The van der Waals surface area contributed by atoms with Gasteiger partial charge in [0.15, 0.2) is 0 Å². The highest BCUT2D eigenvalue weighted by Crippen LogP contribution is 2.21. The van der Waals surface area contributed by atoms with Crippen LogP contribution in [0.2, 0.25) is 0 Å². The first kappa shape index (κ1) is 15.2. The Bertz CT molecular complexity index is 591. The SMILES string of the molecule is O=C(CCCc1nc(-c2cccs2)no1)NCC1CCCO1. The zero-order valence-corrected chi connectivity index (χ0v) is 13.1. The van der Waals surface area contributed by atoms with Gasteiger partial charge in [-0.2, -0.15) is 4.98 Å². The van der Waals surface area contributed by atoms with Crippen LogP contribution in [0.15, 0.2) is 22.0 Å². The van der Waals surface area contributed by atoms with Gasteiger partial charge < -0.3 is 14.6 Å². The zero-order chi connectivity index (χ0) is 15.2. The number of aromatic nitrogens is 2. The lowest BCUT2D eigenvalue weighted by atomic mass is 10.2. The predicted octanol–water partition coefficient (Wildman–Crippen LogP) is 2.42. The molecule has 0 radical (unpaired) electrons. The minimum atomic E-state index is 0.0495.